The van der Waals surface area contributed by atoms with Crippen LogP contribution < -0.4 is 4.57 Å². The highest BCUT2D eigenvalue weighted by atomic mass is 16.3. The summed E-state index contributed by atoms with van der Waals surface area (Å²) in [6.45, 7) is 2.21. The first-order valence-corrected chi connectivity index (χ1v) is 13.7. The highest BCUT2D eigenvalue weighted by molar-refractivity contribution is 6.16. The highest BCUT2D eigenvalue weighted by Crippen LogP contribution is 2.44. The Morgan fingerprint density at radius 3 is 2.34 bits per heavy atom. The average molecular weight is 547 g/mol. The van der Waals surface area contributed by atoms with Crippen molar-refractivity contribution in [1.82, 2.24) is 0 Å². The van der Waals surface area contributed by atoms with E-state index in [9.17, 15) is 0 Å². The third-order valence-corrected chi connectivity index (χ3v) is 7.68. The summed E-state index contributed by atoms with van der Waals surface area (Å²) in [5, 5.41) is 3.14. The fraction of sp³-hybridized carbons (Fsp3) is 0.237. The van der Waals surface area contributed by atoms with Crippen LogP contribution in [-0.2, 0) is 13.4 Å². The van der Waals surface area contributed by atoms with Gasteiger partial charge in [-0.05, 0) is 67.3 Å². The first-order chi connectivity index (χ1) is 22.8. The van der Waals surface area contributed by atoms with E-state index >= 15 is 0 Å². The third kappa shape index (κ3) is 4.14. The first-order valence-electron chi connectivity index (χ1n) is 17.7. The molecule has 0 atom stereocenters. The van der Waals surface area contributed by atoms with E-state index in [1.54, 1.807) is 50.6 Å². The minimum atomic E-state index is -2.55. The monoisotopic (exact) mass is 546 g/mol. The molecular weight excluding hydrogens is 502 g/mol. The van der Waals surface area contributed by atoms with Crippen molar-refractivity contribution in [2.75, 3.05) is 0 Å². The molecule has 0 aliphatic carbocycles. The summed E-state index contributed by atoms with van der Waals surface area (Å²) in [5.74, 6) is 0. The van der Waals surface area contributed by atoms with Gasteiger partial charge in [0.25, 0.3) is 0 Å². The normalized spacial score (nSPS) is 16.2. The van der Waals surface area contributed by atoms with Gasteiger partial charge in [-0.15, -0.1) is 0 Å². The number of rotatable bonds is 3. The number of aryl methyl sites for hydroxylation is 4. The molecule has 0 aliphatic heterocycles. The summed E-state index contributed by atoms with van der Waals surface area (Å²) >= 11 is 0. The fourth-order valence-corrected chi connectivity index (χ4v) is 5.92. The van der Waals surface area contributed by atoms with E-state index in [4.69, 9.17) is 19.8 Å². The number of aromatic nitrogens is 1. The molecule has 7 aromatic rings. The molecule has 0 N–H and O–H groups in total. The van der Waals surface area contributed by atoms with E-state index in [1.165, 1.54) is 6.20 Å². The van der Waals surface area contributed by atoms with Crippen molar-refractivity contribution >= 4 is 43.9 Å². The van der Waals surface area contributed by atoms with E-state index in [-0.39, 0.29) is 16.7 Å². The van der Waals surface area contributed by atoms with Crippen LogP contribution >= 0.6 is 0 Å². The lowest BCUT2D eigenvalue weighted by molar-refractivity contribution is -0.660. The van der Waals surface area contributed by atoms with Crippen molar-refractivity contribution in [1.29, 1.82) is 0 Å². The number of furan rings is 2. The zero-order valence-corrected chi connectivity index (χ0v) is 23.8. The van der Waals surface area contributed by atoms with E-state index in [1.807, 2.05) is 61.5 Å². The number of hydrogen-bond donors (Lipinski definition) is 0. The van der Waals surface area contributed by atoms with Gasteiger partial charge in [-0.3, -0.25) is 0 Å². The molecule has 3 aromatic heterocycles. The molecular formula is C38H36NO2+. The van der Waals surface area contributed by atoms with Gasteiger partial charge in [0.2, 0.25) is 5.69 Å². The van der Waals surface area contributed by atoms with Crippen molar-refractivity contribution in [2.24, 2.45) is 12.5 Å². The SMILES string of the molecule is [2H]C([2H])([2H])c1cc(-c2cccc3c2oc2ccccc23)c2oc3c(-c4cc(C([2H])([2H])C(C)(C)C)c(C([2H])([2H])[2H])c[n+]4C)c(C)ccc3c2c1. The van der Waals surface area contributed by atoms with Crippen LogP contribution in [0.5, 0.6) is 0 Å². The Balaban J connectivity index is 1.58. The molecule has 4 aromatic carbocycles. The smallest absolute Gasteiger partial charge is 0.216 e. The molecule has 3 heteroatoms. The van der Waals surface area contributed by atoms with Gasteiger partial charge in [0.15, 0.2) is 6.20 Å². The summed E-state index contributed by atoms with van der Waals surface area (Å²) in [4.78, 5) is 0. The fourth-order valence-electron chi connectivity index (χ4n) is 5.92. The molecule has 0 amide bonds. The molecule has 3 heterocycles. The van der Waals surface area contributed by atoms with Crippen LogP contribution in [0.25, 0.3) is 66.3 Å². The second-order valence-electron chi connectivity index (χ2n) is 11.9. The Bertz CT molecular complexity index is 2460. The van der Waals surface area contributed by atoms with E-state index < -0.39 is 25.5 Å². The maximum absolute atomic E-state index is 9.11. The van der Waals surface area contributed by atoms with Gasteiger partial charge in [0.05, 0.1) is 5.56 Å². The number of benzene rings is 4. The Labute approximate surface area is 252 Å². The maximum Gasteiger partial charge on any atom is 0.216 e. The summed E-state index contributed by atoms with van der Waals surface area (Å²) in [6, 6.07) is 22.3. The number of nitrogens with zero attached hydrogens (tertiary/aromatic N) is 1. The lowest BCUT2D eigenvalue weighted by Gasteiger charge is -2.19. The Morgan fingerprint density at radius 1 is 0.756 bits per heavy atom. The highest BCUT2D eigenvalue weighted by Gasteiger charge is 2.25. The van der Waals surface area contributed by atoms with Crippen LogP contribution in [0.4, 0.5) is 0 Å². The number of fused-ring (bicyclic) bond motifs is 6. The molecule has 0 unspecified atom stereocenters. The quantitative estimate of drug-likeness (QED) is 0.206. The molecule has 3 nitrogen and oxygen atoms in total. The summed E-state index contributed by atoms with van der Waals surface area (Å²) < 4.78 is 82.9. The topological polar surface area (TPSA) is 30.2 Å². The molecule has 0 spiro atoms. The van der Waals surface area contributed by atoms with Crippen LogP contribution in [0.3, 0.4) is 0 Å². The van der Waals surface area contributed by atoms with Crippen molar-refractivity contribution in [3.05, 3.63) is 101 Å². The summed E-state index contributed by atoms with van der Waals surface area (Å²) in [7, 11) is 1.74. The lowest BCUT2D eigenvalue weighted by atomic mass is 9.86. The van der Waals surface area contributed by atoms with Gasteiger partial charge >= 0.3 is 0 Å². The molecule has 0 radical (unpaired) electrons. The molecule has 0 fully saturated rings. The minimum absolute atomic E-state index is 0.0587. The van der Waals surface area contributed by atoms with Crippen molar-refractivity contribution in [3.8, 4) is 22.4 Å². The summed E-state index contributed by atoms with van der Waals surface area (Å²) in [5.41, 5.74) is 4.87. The molecule has 0 saturated carbocycles. The van der Waals surface area contributed by atoms with Gasteiger partial charge in [-0.25, -0.2) is 4.57 Å². The van der Waals surface area contributed by atoms with Crippen LogP contribution in [0.2, 0.25) is 0 Å². The predicted octanol–water partition coefficient (Wildman–Crippen LogP) is 10.2. The van der Waals surface area contributed by atoms with Gasteiger partial charge in [-0.1, -0.05) is 69.3 Å². The Kier molecular flexibility index (Phi) is 4.01. The van der Waals surface area contributed by atoms with Gasteiger partial charge in [0, 0.05) is 55.3 Å². The zero-order chi connectivity index (χ0) is 35.4. The number of pyridine rings is 1. The average Bonchev–Trinajstić information content (AvgIpc) is 3.58. The summed E-state index contributed by atoms with van der Waals surface area (Å²) in [6.07, 6.45) is -0.509. The minimum Gasteiger partial charge on any atom is -0.455 e. The largest absolute Gasteiger partial charge is 0.455 e. The third-order valence-electron chi connectivity index (χ3n) is 7.68. The van der Waals surface area contributed by atoms with Crippen LogP contribution in [-0.4, -0.2) is 0 Å². The maximum atomic E-state index is 9.11. The molecule has 41 heavy (non-hydrogen) atoms. The molecule has 0 saturated heterocycles. The first kappa shape index (κ1) is 18.1. The molecule has 204 valence electrons. The second kappa shape index (κ2) is 9.07. The van der Waals surface area contributed by atoms with Crippen LogP contribution in [0, 0.1) is 26.0 Å². The number of hydrogen-bond acceptors (Lipinski definition) is 2. The van der Waals surface area contributed by atoms with Crippen molar-refractivity contribution < 1.29 is 24.4 Å². The van der Waals surface area contributed by atoms with Crippen molar-refractivity contribution in [2.45, 2.75) is 47.8 Å². The standard InChI is InChI=1S/C38H36NO2/c1-22-17-30(28-13-10-12-27-26-11-8-9-14-33(26)40-35(27)28)36-31(18-22)29-16-15-23(2)34(37(29)41-36)32-19-25(20-38(4,5)6)24(3)21-39(32)7/h8-19,21H,20H2,1-7H3/q+1/i1D3,3D3,20D2. The lowest BCUT2D eigenvalue weighted by Crippen LogP contribution is -2.32. The Morgan fingerprint density at radius 2 is 1.54 bits per heavy atom. The van der Waals surface area contributed by atoms with E-state index in [0.717, 1.165) is 21.9 Å². The molecule has 0 bridgehead atoms. The predicted molar refractivity (Wildman–Crippen MR) is 170 cm³/mol. The van der Waals surface area contributed by atoms with Crippen LogP contribution in [0.15, 0.2) is 87.8 Å². The van der Waals surface area contributed by atoms with Crippen molar-refractivity contribution in [3.63, 3.8) is 0 Å². The van der Waals surface area contributed by atoms with E-state index in [0.29, 0.717) is 49.9 Å². The van der Waals surface area contributed by atoms with E-state index in [2.05, 4.69) is 0 Å². The Hall–Kier alpha value is -4.37. The second-order valence-corrected chi connectivity index (χ2v) is 11.9. The number of para-hydroxylation sites is 2. The van der Waals surface area contributed by atoms with Crippen LogP contribution in [0.1, 0.15) is 54.0 Å². The van der Waals surface area contributed by atoms with Gasteiger partial charge < -0.3 is 8.83 Å². The molecule has 7 rings (SSSR count). The van der Waals surface area contributed by atoms with Gasteiger partial charge in [0.1, 0.15) is 29.4 Å². The van der Waals surface area contributed by atoms with Gasteiger partial charge in [-0.2, -0.15) is 0 Å². The zero-order valence-electron chi connectivity index (χ0n) is 31.8. The molecule has 0 aliphatic rings.